The van der Waals surface area contributed by atoms with Gasteiger partial charge in [-0.2, -0.15) is 0 Å². The predicted molar refractivity (Wildman–Crippen MR) is 71.2 cm³/mol. The van der Waals surface area contributed by atoms with Gasteiger partial charge in [0, 0.05) is 19.0 Å². The van der Waals surface area contributed by atoms with E-state index in [4.69, 9.17) is 21.1 Å². The molecule has 1 aromatic carbocycles. The number of halogens is 1. The van der Waals surface area contributed by atoms with Crippen LogP contribution >= 0.6 is 11.6 Å². The van der Waals surface area contributed by atoms with Gasteiger partial charge in [-0.1, -0.05) is 12.1 Å². The molecule has 0 fully saturated rings. The second-order valence-corrected chi connectivity index (χ2v) is 4.48. The summed E-state index contributed by atoms with van der Waals surface area (Å²) in [4.78, 5) is 22.8. The van der Waals surface area contributed by atoms with Crippen LogP contribution in [0.5, 0.6) is 11.5 Å². The van der Waals surface area contributed by atoms with Crippen molar-refractivity contribution in [2.75, 3.05) is 20.3 Å². The van der Waals surface area contributed by atoms with E-state index in [-0.39, 0.29) is 0 Å². The first-order valence-corrected chi connectivity index (χ1v) is 6.53. The molecule has 7 heteroatoms. The van der Waals surface area contributed by atoms with Gasteiger partial charge >= 0.3 is 12.1 Å². The molecule has 0 spiro atoms. The number of ether oxygens (including phenoxy) is 3. The maximum Gasteiger partial charge on any atom is 0.414 e. The van der Waals surface area contributed by atoms with E-state index in [0.29, 0.717) is 30.3 Å². The van der Waals surface area contributed by atoms with Crippen molar-refractivity contribution in [1.82, 2.24) is 5.32 Å². The van der Waals surface area contributed by atoms with Gasteiger partial charge in [-0.25, -0.2) is 9.59 Å². The number of nitrogens with one attached hydrogen (secondary N) is 1. The number of amides is 1. The average molecular weight is 300 g/mol. The first kappa shape index (κ1) is 14.5. The molecular formula is C13H14ClNO5. The largest absolute Gasteiger partial charge is 0.490 e. The minimum absolute atomic E-state index is 0.416. The van der Waals surface area contributed by atoms with Crippen LogP contribution in [0.3, 0.4) is 0 Å². The summed E-state index contributed by atoms with van der Waals surface area (Å²) in [5.41, 5.74) is 0.417. The van der Waals surface area contributed by atoms with Crippen molar-refractivity contribution in [2.45, 2.75) is 11.8 Å². The van der Waals surface area contributed by atoms with Gasteiger partial charge < -0.3 is 19.5 Å². The first-order chi connectivity index (χ1) is 9.63. The fourth-order valence-corrected chi connectivity index (χ4v) is 1.95. The summed E-state index contributed by atoms with van der Waals surface area (Å²) in [6, 6.07) is 5.07. The summed E-state index contributed by atoms with van der Waals surface area (Å²) in [6.45, 7) is 1.00. The minimum atomic E-state index is -1.15. The van der Waals surface area contributed by atoms with Crippen LogP contribution in [-0.2, 0) is 9.53 Å². The van der Waals surface area contributed by atoms with E-state index < -0.39 is 17.4 Å². The van der Waals surface area contributed by atoms with Crippen molar-refractivity contribution >= 4 is 23.7 Å². The molecule has 0 aromatic heterocycles. The third-order valence-corrected chi connectivity index (χ3v) is 3.09. The second-order valence-electron chi connectivity index (χ2n) is 4.05. The molecule has 0 bridgehead atoms. The minimum Gasteiger partial charge on any atom is -0.490 e. The molecule has 108 valence electrons. The van der Waals surface area contributed by atoms with Gasteiger partial charge in [-0.3, -0.25) is 0 Å². The van der Waals surface area contributed by atoms with Gasteiger partial charge in [0.25, 0.3) is 0 Å². The Hall–Kier alpha value is -1.95. The summed E-state index contributed by atoms with van der Waals surface area (Å²) in [6.07, 6.45) is -0.121. The van der Waals surface area contributed by atoms with Crippen LogP contribution in [-0.4, -0.2) is 32.3 Å². The number of para-hydroxylation sites is 1. The third kappa shape index (κ3) is 3.14. The van der Waals surface area contributed by atoms with Crippen molar-refractivity contribution in [3.63, 3.8) is 0 Å². The van der Waals surface area contributed by atoms with E-state index in [9.17, 15) is 9.59 Å². The lowest BCUT2D eigenvalue weighted by Gasteiger charge is -2.15. The summed E-state index contributed by atoms with van der Waals surface area (Å²) >= 11 is 6.06. The number of hydrogen-bond acceptors (Lipinski definition) is 5. The van der Waals surface area contributed by atoms with Crippen LogP contribution in [0.4, 0.5) is 4.79 Å². The molecule has 6 nitrogen and oxygen atoms in total. The van der Waals surface area contributed by atoms with Gasteiger partial charge in [0.05, 0.1) is 13.2 Å². The Labute approximate surface area is 120 Å². The number of alkyl carbamates (subject to hydrolysis) is 1. The molecule has 0 saturated heterocycles. The number of carbonyl (C=O) groups is 2. The highest BCUT2D eigenvalue weighted by Crippen LogP contribution is 2.39. The molecule has 1 aliphatic rings. The number of benzene rings is 1. The van der Waals surface area contributed by atoms with Gasteiger partial charge in [-0.05, 0) is 6.07 Å². The molecule has 1 aromatic rings. The van der Waals surface area contributed by atoms with E-state index in [1.807, 2.05) is 0 Å². The van der Waals surface area contributed by atoms with Crippen molar-refractivity contribution in [2.24, 2.45) is 0 Å². The van der Waals surface area contributed by atoms with Gasteiger partial charge in [0.15, 0.2) is 16.9 Å². The molecule has 1 heterocycles. The number of carbonyl (C=O) groups excluding carboxylic acids is 2. The van der Waals surface area contributed by atoms with Crippen LogP contribution < -0.4 is 14.8 Å². The van der Waals surface area contributed by atoms with E-state index in [2.05, 4.69) is 10.1 Å². The quantitative estimate of drug-likeness (QED) is 0.514. The SMILES string of the molecule is CNC(=O)OC(=O)C(Cl)c1cccc2c1OCCCO2. The standard InChI is InChI=1S/C13H14ClNO5/c1-15-13(17)20-12(16)10(14)8-4-2-5-9-11(8)19-7-3-6-18-9/h2,4-5,10H,3,6-7H2,1H3,(H,15,17). The Morgan fingerprint density at radius 3 is 2.85 bits per heavy atom. The first-order valence-electron chi connectivity index (χ1n) is 6.09. The molecule has 0 radical (unpaired) electrons. The molecule has 1 amide bonds. The number of fused-ring (bicyclic) bond motifs is 1. The Morgan fingerprint density at radius 2 is 2.10 bits per heavy atom. The van der Waals surface area contributed by atoms with Crippen LogP contribution in [0.2, 0.25) is 0 Å². The van der Waals surface area contributed by atoms with E-state index >= 15 is 0 Å². The summed E-state index contributed by atoms with van der Waals surface area (Å²) in [7, 11) is 1.35. The Bertz CT molecular complexity index is 519. The molecule has 1 atom stereocenters. The molecule has 1 aliphatic heterocycles. The monoisotopic (exact) mass is 299 g/mol. The van der Waals surface area contributed by atoms with E-state index in [1.54, 1.807) is 18.2 Å². The van der Waals surface area contributed by atoms with Crippen molar-refractivity contribution in [1.29, 1.82) is 0 Å². The Balaban J connectivity index is 2.23. The highest BCUT2D eigenvalue weighted by atomic mass is 35.5. The number of esters is 1. The Morgan fingerprint density at radius 1 is 1.35 bits per heavy atom. The van der Waals surface area contributed by atoms with Crippen LogP contribution in [0, 0.1) is 0 Å². The summed E-state index contributed by atoms with van der Waals surface area (Å²) in [5.74, 6) is 0.0736. The zero-order valence-electron chi connectivity index (χ0n) is 10.8. The molecule has 20 heavy (non-hydrogen) atoms. The smallest absolute Gasteiger partial charge is 0.414 e. The second kappa shape index (κ2) is 6.47. The van der Waals surface area contributed by atoms with Gasteiger partial charge in [-0.15, -0.1) is 11.6 Å². The van der Waals surface area contributed by atoms with Crippen LogP contribution in [0.1, 0.15) is 17.4 Å². The molecule has 0 saturated carbocycles. The number of alkyl halides is 1. The van der Waals surface area contributed by atoms with Crippen LogP contribution in [0.25, 0.3) is 0 Å². The molecule has 0 aliphatic carbocycles. The number of hydrogen-bond donors (Lipinski definition) is 1. The maximum atomic E-state index is 11.8. The van der Waals surface area contributed by atoms with Crippen molar-refractivity contribution in [3.05, 3.63) is 23.8 Å². The normalized spacial score (nSPS) is 14.9. The average Bonchev–Trinajstić information content (AvgIpc) is 2.71. The highest BCUT2D eigenvalue weighted by molar-refractivity contribution is 6.30. The van der Waals surface area contributed by atoms with Crippen LogP contribution in [0.15, 0.2) is 18.2 Å². The number of rotatable bonds is 2. The molecule has 1 N–H and O–H groups in total. The zero-order chi connectivity index (χ0) is 14.5. The summed E-state index contributed by atoms with van der Waals surface area (Å²) < 4.78 is 15.6. The fourth-order valence-electron chi connectivity index (χ4n) is 1.74. The zero-order valence-corrected chi connectivity index (χ0v) is 11.6. The lowest BCUT2D eigenvalue weighted by molar-refractivity contribution is -0.137. The van der Waals surface area contributed by atoms with E-state index in [0.717, 1.165) is 6.42 Å². The predicted octanol–water partition coefficient (Wildman–Crippen LogP) is 2.01. The summed E-state index contributed by atoms with van der Waals surface area (Å²) in [5, 5.41) is 1.03. The highest BCUT2D eigenvalue weighted by Gasteiger charge is 2.27. The Kier molecular flexibility index (Phi) is 4.68. The third-order valence-electron chi connectivity index (χ3n) is 2.68. The van der Waals surface area contributed by atoms with Gasteiger partial charge in [0.2, 0.25) is 0 Å². The van der Waals surface area contributed by atoms with Gasteiger partial charge in [0.1, 0.15) is 0 Å². The lowest BCUT2D eigenvalue weighted by atomic mass is 10.1. The van der Waals surface area contributed by atoms with E-state index in [1.165, 1.54) is 7.05 Å². The van der Waals surface area contributed by atoms with Crippen molar-refractivity contribution in [3.8, 4) is 11.5 Å². The molecule has 1 unspecified atom stereocenters. The van der Waals surface area contributed by atoms with Crippen molar-refractivity contribution < 1.29 is 23.8 Å². The lowest BCUT2D eigenvalue weighted by Crippen LogP contribution is -2.25. The fraction of sp³-hybridized carbons (Fsp3) is 0.385. The molecular weight excluding hydrogens is 286 g/mol. The maximum absolute atomic E-state index is 11.8. The molecule has 2 rings (SSSR count). The topological polar surface area (TPSA) is 73.9 Å².